The van der Waals surface area contributed by atoms with Crippen LogP contribution in [0.4, 0.5) is 0 Å². The van der Waals surface area contributed by atoms with E-state index in [0.717, 1.165) is 5.92 Å². The van der Waals surface area contributed by atoms with E-state index in [9.17, 15) is 0 Å². The van der Waals surface area contributed by atoms with E-state index in [2.05, 4.69) is 36.1 Å². The van der Waals surface area contributed by atoms with Gasteiger partial charge in [0.1, 0.15) is 0 Å². The Hall–Kier alpha value is -0.820. The molecule has 2 aliphatic rings. The fourth-order valence-corrected chi connectivity index (χ4v) is 3.47. The predicted molar refractivity (Wildman–Crippen MR) is 92.7 cm³/mol. The van der Waals surface area contributed by atoms with E-state index in [-0.39, 0.29) is 0 Å². The maximum atomic E-state index is 2.75. The van der Waals surface area contributed by atoms with Gasteiger partial charge in [0.2, 0.25) is 0 Å². The molecule has 0 aromatic heterocycles. The molecule has 0 N–H and O–H groups in total. The van der Waals surface area contributed by atoms with Crippen molar-refractivity contribution in [3.05, 3.63) is 35.4 Å². The van der Waals surface area contributed by atoms with E-state index in [1.54, 1.807) is 5.56 Å². The minimum Gasteiger partial charge on any atom is -0.296 e. The van der Waals surface area contributed by atoms with Crippen LogP contribution in [0.15, 0.2) is 24.3 Å². The molecule has 1 saturated carbocycles. The molecule has 2 fully saturated rings. The normalized spacial score (nSPS) is 20.5. The van der Waals surface area contributed by atoms with Crippen molar-refractivity contribution >= 4 is 0 Å². The summed E-state index contributed by atoms with van der Waals surface area (Å²) < 4.78 is 0. The summed E-state index contributed by atoms with van der Waals surface area (Å²) in [5.74, 6) is 1.05. The molecular formula is C20H33N. The number of piperidine rings is 1. The number of nitrogens with zero attached hydrogens (tertiary/aromatic N) is 1. The summed E-state index contributed by atoms with van der Waals surface area (Å²) in [5, 5.41) is 0. The van der Waals surface area contributed by atoms with E-state index >= 15 is 0 Å². The molecule has 1 heterocycles. The maximum Gasteiger partial charge on any atom is 0.0348 e. The monoisotopic (exact) mass is 287 g/mol. The van der Waals surface area contributed by atoms with Crippen molar-refractivity contribution in [1.82, 2.24) is 4.90 Å². The number of hydrogen-bond donors (Lipinski definition) is 0. The first-order valence-corrected chi connectivity index (χ1v) is 9.13. The van der Waals surface area contributed by atoms with Gasteiger partial charge in [0, 0.05) is 6.04 Å². The second-order valence-electron chi connectivity index (χ2n) is 6.55. The number of rotatable bonds is 5. The van der Waals surface area contributed by atoms with E-state index in [0.29, 0.717) is 6.04 Å². The highest BCUT2D eigenvalue weighted by atomic mass is 15.2. The van der Waals surface area contributed by atoms with Crippen LogP contribution in [0.1, 0.15) is 76.0 Å². The average molecular weight is 287 g/mol. The summed E-state index contributed by atoms with van der Waals surface area (Å²) in [7, 11) is 0. The van der Waals surface area contributed by atoms with Crippen molar-refractivity contribution in [1.29, 1.82) is 0 Å². The highest BCUT2D eigenvalue weighted by Gasteiger charge is 2.26. The second-order valence-corrected chi connectivity index (χ2v) is 6.55. The van der Waals surface area contributed by atoms with Crippen molar-refractivity contribution in [3.8, 4) is 0 Å². The Balaban J connectivity index is 0.000000774. The standard InChI is InChI=1S/C18H27N.C2H6/c1-15-6-5-7-17(14-15)18(11-10-16-8-9-16)19-12-3-2-4-13-19;1-2/h5-7,14,16,18H,2-4,8-13H2,1H3;1-2H3. The van der Waals surface area contributed by atoms with Gasteiger partial charge in [0.05, 0.1) is 0 Å². The molecular weight excluding hydrogens is 254 g/mol. The topological polar surface area (TPSA) is 3.24 Å². The zero-order valence-corrected chi connectivity index (χ0v) is 14.3. The Kier molecular flexibility index (Phi) is 6.76. The van der Waals surface area contributed by atoms with Gasteiger partial charge < -0.3 is 0 Å². The van der Waals surface area contributed by atoms with Crippen LogP contribution < -0.4 is 0 Å². The van der Waals surface area contributed by atoms with Gasteiger partial charge in [-0.15, -0.1) is 0 Å². The third-order valence-corrected chi connectivity index (χ3v) is 4.80. The molecule has 21 heavy (non-hydrogen) atoms. The minimum absolute atomic E-state index is 0.681. The summed E-state index contributed by atoms with van der Waals surface area (Å²) in [4.78, 5) is 2.75. The summed E-state index contributed by atoms with van der Waals surface area (Å²) in [6.45, 7) is 8.84. The van der Waals surface area contributed by atoms with Gasteiger partial charge in [-0.25, -0.2) is 0 Å². The summed E-state index contributed by atoms with van der Waals surface area (Å²) in [6.07, 6.45) is 10.0. The zero-order valence-electron chi connectivity index (χ0n) is 14.3. The van der Waals surface area contributed by atoms with Gasteiger partial charge in [-0.2, -0.15) is 0 Å². The SMILES string of the molecule is CC.Cc1cccc(C(CCC2CC2)N2CCCCC2)c1. The Morgan fingerprint density at radius 2 is 1.81 bits per heavy atom. The van der Waals surface area contributed by atoms with E-state index < -0.39 is 0 Å². The van der Waals surface area contributed by atoms with E-state index in [1.807, 2.05) is 13.8 Å². The molecule has 1 atom stereocenters. The lowest BCUT2D eigenvalue weighted by Crippen LogP contribution is -2.33. The largest absolute Gasteiger partial charge is 0.296 e. The fourth-order valence-electron chi connectivity index (χ4n) is 3.47. The molecule has 0 bridgehead atoms. The van der Waals surface area contributed by atoms with Crippen molar-refractivity contribution in [2.75, 3.05) is 13.1 Å². The predicted octanol–water partition coefficient (Wildman–Crippen LogP) is 5.74. The Labute approximate surface area is 131 Å². The zero-order chi connectivity index (χ0) is 15.1. The van der Waals surface area contributed by atoms with Crippen LogP contribution in [0.5, 0.6) is 0 Å². The third-order valence-electron chi connectivity index (χ3n) is 4.80. The summed E-state index contributed by atoms with van der Waals surface area (Å²) >= 11 is 0. The van der Waals surface area contributed by atoms with Gasteiger partial charge in [-0.05, 0) is 57.2 Å². The van der Waals surface area contributed by atoms with Gasteiger partial charge in [0.15, 0.2) is 0 Å². The van der Waals surface area contributed by atoms with Crippen LogP contribution in [-0.4, -0.2) is 18.0 Å². The molecule has 1 aliphatic carbocycles. The van der Waals surface area contributed by atoms with Crippen LogP contribution in [0.2, 0.25) is 0 Å². The van der Waals surface area contributed by atoms with Gasteiger partial charge in [0.25, 0.3) is 0 Å². The first-order valence-electron chi connectivity index (χ1n) is 9.13. The molecule has 1 aliphatic heterocycles. The van der Waals surface area contributed by atoms with E-state index in [4.69, 9.17) is 0 Å². The molecule has 1 heteroatoms. The highest BCUT2D eigenvalue weighted by Crippen LogP contribution is 2.38. The van der Waals surface area contributed by atoms with Crippen LogP contribution in [0, 0.1) is 12.8 Å². The van der Waals surface area contributed by atoms with E-state index in [1.165, 1.54) is 63.6 Å². The number of benzene rings is 1. The Morgan fingerprint density at radius 1 is 1.10 bits per heavy atom. The smallest absolute Gasteiger partial charge is 0.0348 e. The van der Waals surface area contributed by atoms with Crippen molar-refractivity contribution in [2.24, 2.45) is 5.92 Å². The van der Waals surface area contributed by atoms with Gasteiger partial charge >= 0.3 is 0 Å². The molecule has 0 amide bonds. The molecule has 118 valence electrons. The quantitative estimate of drug-likeness (QED) is 0.667. The molecule has 0 radical (unpaired) electrons. The lowest BCUT2D eigenvalue weighted by molar-refractivity contribution is 0.152. The molecule has 1 nitrogen and oxygen atoms in total. The summed E-state index contributed by atoms with van der Waals surface area (Å²) in [5.41, 5.74) is 2.97. The number of likely N-dealkylation sites (tertiary alicyclic amines) is 1. The minimum atomic E-state index is 0.681. The van der Waals surface area contributed by atoms with Crippen LogP contribution in [-0.2, 0) is 0 Å². The van der Waals surface area contributed by atoms with Crippen LogP contribution in [0.3, 0.4) is 0 Å². The average Bonchev–Trinajstić information content (AvgIpc) is 3.35. The third kappa shape index (κ3) is 5.14. The first kappa shape index (κ1) is 16.5. The fraction of sp³-hybridized carbons (Fsp3) is 0.700. The molecule has 0 spiro atoms. The molecule has 3 rings (SSSR count). The Morgan fingerprint density at radius 3 is 2.43 bits per heavy atom. The van der Waals surface area contributed by atoms with Gasteiger partial charge in [-0.3, -0.25) is 4.90 Å². The number of aryl methyl sites for hydroxylation is 1. The highest BCUT2D eigenvalue weighted by molar-refractivity contribution is 5.25. The molecule has 1 unspecified atom stereocenters. The molecule has 1 aromatic carbocycles. The second kappa shape index (κ2) is 8.58. The molecule has 1 saturated heterocycles. The van der Waals surface area contributed by atoms with Crippen LogP contribution in [0.25, 0.3) is 0 Å². The van der Waals surface area contributed by atoms with Crippen LogP contribution >= 0.6 is 0 Å². The van der Waals surface area contributed by atoms with Gasteiger partial charge in [-0.1, -0.05) is 62.9 Å². The summed E-state index contributed by atoms with van der Waals surface area (Å²) in [6, 6.07) is 9.89. The lowest BCUT2D eigenvalue weighted by Gasteiger charge is -2.35. The molecule has 1 aromatic rings. The maximum absolute atomic E-state index is 2.75. The Bertz CT molecular complexity index is 402. The lowest BCUT2D eigenvalue weighted by atomic mass is 9.95. The first-order chi connectivity index (χ1) is 10.3. The van der Waals surface area contributed by atoms with Crippen molar-refractivity contribution < 1.29 is 0 Å². The number of hydrogen-bond acceptors (Lipinski definition) is 1. The van der Waals surface area contributed by atoms with Crippen molar-refractivity contribution in [3.63, 3.8) is 0 Å². The van der Waals surface area contributed by atoms with Crippen molar-refractivity contribution in [2.45, 2.75) is 71.8 Å².